The van der Waals surface area contributed by atoms with Crippen LogP contribution in [0, 0.1) is 24.7 Å². The van der Waals surface area contributed by atoms with Crippen molar-refractivity contribution in [3.05, 3.63) is 34.9 Å². The highest BCUT2D eigenvalue weighted by Gasteiger charge is 2.29. The number of amides is 1. The van der Waals surface area contributed by atoms with Crippen LogP contribution in [-0.2, 0) is 0 Å². The summed E-state index contributed by atoms with van der Waals surface area (Å²) in [5.41, 5.74) is 2.55. The Morgan fingerprint density at radius 2 is 2.25 bits per heavy atom. The van der Waals surface area contributed by atoms with E-state index in [1.165, 1.54) is 12.8 Å². The zero-order chi connectivity index (χ0) is 14.5. The van der Waals surface area contributed by atoms with Gasteiger partial charge in [-0.1, -0.05) is 17.9 Å². The fraction of sp³-hybridized carbons (Fsp3) is 0.471. The van der Waals surface area contributed by atoms with E-state index in [9.17, 15) is 4.79 Å². The van der Waals surface area contributed by atoms with E-state index in [0.29, 0.717) is 17.9 Å². The molecule has 1 aromatic carbocycles. The monoisotopic (exact) mass is 271 g/mol. The van der Waals surface area contributed by atoms with Crippen molar-refractivity contribution in [3.8, 4) is 11.8 Å². The lowest BCUT2D eigenvalue weighted by molar-refractivity contribution is 0.0936. The van der Waals surface area contributed by atoms with Crippen molar-refractivity contribution in [2.45, 2.75) is 39.2 Å². The topological polar surface area (TPSA) is 49.3 Å². The Bertz CT molecular complexity index is 550. The number of rotatable bonds is 4. The molecule has 1 aromatic rings. The fourth-order valence-electron chi connectivity index (χ4n) is 2.12. The summed E-state index contributed by atoms with van der Waals surface area (Å²) in [5.74, 6) is 6.52. The predicted octanol–water partition coefficient (Wildman–Crippen LogP) is 2.26. The third kappa shape index (κ3) is 3.85. The van der Waals surface area contributed by atoms with E-state index in [-0.39, 0.29) is 18.6 Å². The van der Waals surface area contributed by atoms with Crippen LogP contribution >= 0.6 is 0 Å². The zero-order valence-electron chi connectivity index (χ0n) is 12.1. The van der Waals surface area contributed by atoms with Crippen molar-refractivity contribution in [3.63, 3.8) is 0 Å². The van der Waals surface area contributed by atoms with Crippen LogP contribution in [-0.4, -0.2) is 23.7 Å². The largest absolute Gasteiger partial charge is 0.395 e. The molecule has 1 unspecified atom stereocenters. The second-order valence-corrected chi connectivity index (χ2v) is 5.40. The Morgan fingerprint density at radius 3 is 2.90 bits per heavy atom. The molecule has 0 heterocycles. The molecule has 0 spiro atoms. The first-order chi connectivity index (χ1) is 9.61. The third-order valence-electron chi connectivity index (χ3n) is 3.65. The number of hydrogen-bond acceptors (Lipinski definition) is 2. The van der Waals surface area contributed by atoms with E-state index in [1.54, 1.807) is 0 Å². The molecule has 0 bridgehead atoms. The minimum Gasteiger partial charge on any atom is -0.395 e. The van der Waals surface area contributed by atoms with Gasteiger partial charge in [-0.2, -0.15) is 0 Å². The molecule has 1 amide bonds. The maximum absolute atomic E-state index is 12.2. The summed E-state index contributed by atoms with van der Waals surface area (Å²) in [6, 6.07) is 5.82. The number of nitrogens with one attached hydrogen (secondary N) is 1. The van der Waals surface area contributed by atoms with Gasteiger partial charge in [-0.05, 0) is 50.3 Å². The van der Waals surface area contributed by atoms with Gasteiger partial charge in [-0.25, -0.2) is 0 Å². The molecule has 106 valence electrons. The molecule has 0 aliphatic heterocycles. The van der Waals surface area contributed by atoms with Gasteiger partial charge in [0.25, 0.3) is 5.91 Å². The molecule has 0 saturated heterocycles. The van der Waals surface area contributed by atoms with Gasteiger partial charge in [0.1, 0.15) is 0 Å². The average molecular weight is 271 g/mol. The Hall–Kier alpha value is -1.79. The van der Waals surface area contributed by atoms with Gasteiger partial charge in [0, 0.05) is 23.6 Å². The molecule has 2 rings (SSSR count). The first-order valence-electron chi connectivity index (χ1n) is 7.13. The SMILES string of the molecule is Cc1ccc(C(=O)NC(C)C2CC2)cc1C#CCCO. The average Bonchev–Trinajstić information content (AvgIpc) is 3.25. The van der Waals surface area contributed by atoms with Gasteiger partial charge in [0.05, 0.1) is 6.61 Å². The van der Waals surface area contributed by atoms with E-state index in [0.717, 1.165) is 11.1 Å². The van der Waals surface area contributed by atoms with Crippen LogP contribution in [0.25, 0.3) is 0 Å². The molecule has 0 aromatic heterocycles. The standard InChI is InChI=1S/C17H21NO2/c1-12-6-7-16(11-15(12)5-3-4-10-19)17(20)18-13(2)14-8-9-14/h6-7,11,13-14,19H,4,8-10H2,1-2H3,(H,18,20). The molecular weight excluding hydrogens is 250 g/mol. The van der Waals surface area contributed by atoms with Crippen molar-refractivity contribution in [1.29, 1.82) is 0 Å². The first-order valence-corrected chi connectivity index (χ1v) is 7.13. The van der Waals surface area contributed by atoms with Crippen LogP contribution < -0.4 is 5.32 Å². The minimum absolute atomic E-state index is 0.0328. The minimum atomic E-state index is -0.0328. The van der Waals surface area contributed by atoms with E-state index in [4.69, 9.17) is 5.11 Å². The van der Waals surface area contributed by atoms with Gasteiger partial charge in [-0.3, -0.25) is 4.79 Å². The summed E-state index contributed by atoms with van der Waals surface area (Å²) >= 11 is 0. The Balaban J connectivity index is 2.09. The van der Waals surface area contributed by atoms with Crippen LogP contribution in [0.4, 0.5) is 0 Å². The first kappa shape index (κ1) is 14.6. The number of aliphatic hydroxyl groups excluding tert-OH is 1. The van der Waals surface area contributed by atoms with Gasteiger partial charge >= 0.3 is 0 Å². The molecule has 1 atom stereocenters. The fourth-order valence-corrected chi connectivity index (χ4v) is 2.12. The molecule has 1 aliphatic carbocycles. The molecular formula is C17H21NO2. The van der Waals surface area contributed by atoms with Gasteiger partial charge in [0.15, 0.2) is 0 Å². The summed E-state index contributed by atoms with van der Waals surface area (Å²) < 4.78 is 0. The Morgan fingerprint density at radius 1 is 1.50 bits per heavy atom. The van der Waals surface area contributed by atoms with Gasteiger partial charge in [-0.15, -0.1) is 0 Å². The summed E-state index contributed by atoms with van der Waals surface area (Å²) in [4.78, 5) is 12.2. The second kappa shape index (κ2) is 6.58. The Kier molecular flexibility index (Phi) is 4.81. The zero-order valence-corrected chi connectivity index (χ0v) is 12.1. The highest BCUT2D eigenvalue weighted by atomic mass is 16.2. The summed E-state index contributed by atoms with van der Waals surface area (Å²) in [6.07, 6.45) is 2.88. The van der Waals surface area contributed by atoms with E-state index < -0.39 is 0 Å². The van der Waals surface area contributed by atoms with Crippen molar-refractivity contribution < 1.29 is 9.90 Å². The highest BCUT2D eigenvalue weighted by Crippen LogP contribution is 2.32. The number of carbonyl (C=O) groups is 1. The van der Waals surface area contributed by atoms with Crippen LogP contribution in [0.3, 0.4) is 0 Å². The lowest BCUT2D eigenvalue weighted by atomic mass is 10.0. The smallest absolute Gasteiger partial charge is 0.251 e. The predicted molar refractivity (Wildman–Crippen MR) is 79.4 cm³/mol. The normalized spacial score (nSPS) is 15.2. The van der Waals surface area contributed by atoms with E-state index in [2.05, 4.69) is 24.1 Å². The molecule has 3 heteroatoms. The van der Waals surface area contributed by atoms with Gasteiger partial charge in [0.2, 0.25) is 0 Å². The van der Waals surface area contributed by atoms with Crippen molar-refractivity contribution in [2.24, 2.45) is 5.92 Å². The van der Waals surface area contributed by atoms with Crippen molar-refractivity contribution in [1.82, 2.24) is 5.32 Å². The number of aliphatic hydroxyl groups is 1. The molecule has 3 nitrogen and oxygen atoms in total. The van der Waals surface area contributed by atoms with Crippen molar-refractivity contribution in [2.75, 3.05) is 6.61 Å². The van der Waals surface area contributed by atoms with E-state index >= 15 is 0 Å². The number of hydrogen-bond donors (Lipinski definition) is 2. The van der Waals surface area contributed by atoms with Crippen molar-refractivity contribution >= 4 is 5.91 Å². The van der Waals surface area contributed by atoms with Crippen LogP contribution in [0.15, 0.2) is 18.2 Å². The molecule has 0 radical (unpaired) electrons. The number of benzene rings is 1. The van der Waals surface area contributed by atoms with Crippen LogP contribution in [0.2, 0.25) is 0 Å². The summed E-state index contributed by atoms with van der Waals surface area (Å²) in [5, 5.41) is 11.8. The van der Waals surface area contributed by atoms with Crippen LogP contribution in [0.1, 0.15) is 47.7 Å². The van der Waals surface area contributed by atoms with E-state index in [1.807, 2.05) is 25.1 Å². The molecule has 1 saturated carbocycles. The molecule has 2 N–H and O–H groups in total. The summed E-state index contributed by atoms with van der Waals surface area (Å²) in [7, 11) is 0. The third-order valence-corrected chi connectivity index (χ3v) is 3.65. The second-order valence-electron chi connectivity index (χ2n) is 5.40. The maximum atomic E-state index is 12.2. The number of carbonyl (C=O) groups excluding carboxylic acids is 1. The van der Waals surface area contributed by atoms with Crippen LogP contribution in [0.5, 0.6) is 0 Å². The lowest BCUT2D eigenvalue weighted by Crippen LogP contribution is -2.34. The maximum Gasteiger partial charge on any atom is 0.251 e. The molecule has 1 fully saturated rings. The quantitative estimate of drug-likeness (QED) is 0.825. The number of aryl methyl sites for hydroxylation is 1. The lowest BCUT2D eigenvalue weighted by Gasteiger charge is -2.13. The highest BCUT2D eigenvalue weighted by molar-refractivity contribution is 5.94. The summed E-state index contributed by atoms with van der Waals surface area (Å²) in [6.45, 7) is 4.09. The molecule has 20 heavy (non-hydrogen) atoms. The Labute approximate surface area is 120 Å². The molecule has 1 aliphatic rings. The van der Waals surface area contributed by atoms with Gasteiger partial charge < -0.3 is 10.4 Å².